The molecule has 4 heterocycles. The molecular formula is C24H27N9O2. The van der Waals surface area contributed by atoms with Gasteiger partial charge in [-0.15, -0.1) is 0 Å². The van der Waals surface area contributed by atoms with E-state index in [0.717, 1.165) is 29.7 Å². The fourth-order valence-corrected chi connectivity index (χ4v) is 4.06. The van der Waals surface area contributed by atoms with Crippen LogP contribution < -0.4 is 5.32 Å². The van der Waals surface area contributed by atoms with Crippen molar-refractivity contribution in [2.45, 2.75) is 31.7 Å². The average molecular weight is 474 g/mol. The van der Waals surface area contributed by atoms with Gasteiger partial charge in [0, 0.05) is 51.5 Å². The minimum absolute atomic E-state index is 0.0485. The highest BCUT2D eigenvalue weighted by atomic mass is 16.5. The highest BCUT2D eigenvalue weighted by Gasteiger charge is 2.47. The first-order chi connectivity index (χ1) is 16.9. The molecule has 1 aliphatic rings. The van der Waals surface area contributed by atoms with Gasteiger partial charge in [-0.25, -0.2) is 9.97 Å². The number of nitrogens with zero attached hydrogens (tertiary/aromatic N) is 8. The first-order valence-electron chi connectivity index (χ1n) is 11.4. The molecule has 4 aromatic heterocycles. The number of hydrogen-bond donors (Lipinski definition) is 1. The summed E-state index contributed by atoms with van der Waals surface area (Å²) in [5, 5.41) is 11.5. The summed E-state index contributed by atoms with van der Waals surface area (Å²) in [5.41, 5.74) is 2.90. The predicted octanol–water partition coefficient (Wildman–Crippen LogP) is 2.63. The summed E-state index contributed by atoms with van der Waals surface area (Å²) in [4.78, 5) is 31.4. The molecule has 1 fully saturated rings. The monoisotopic (exact) mass is 473 g/mol. The second-order valence-corrected chi connectivity index (χ2v) is 9.09. The van der Waals surface area contributed by atoms with Gasteiger partial charge < -0.3 is 14.7 Å². The van der Waals surface area contributed by atoms with Gasteiger partial charge in [-0.05, 0) is 37.3 Å². The van der Waals surface area contributed by atoms with Crippen LogP contribution in [0.3, 0.4) is 0 Å². The fourth-order valence-electron chi connectivity index (χ4n) is 4.06. The Kier molecular flexibility index (Phi) is 5.75. The Hall–Kier alpha value is -4.15. The number of likely N-dealkylation sites (N-methyl/N-ethyl adjacent to an activating group) is 1. The van der Waals surface area contributed by atoms with E-state index in [9.17, 15) is 4.79 Å². The minimum atomic E-state index is -0.434. The van der Waals surface area contributed by atoms with Gasteiger partial charge in [0.1, 0.15) is 6.54 Å². The largest absolute Gasteiger partial charge is 0.357 e. The second-order valence-electron chi connectivity index (χ2n) is 9.09. The zero-order chi connectivity index (χ0) is 24.6. The number of amides is 1. The summed E-state index contributed by atoms with van der Waals surface area (Å²) in [7, 11) is 5.21. The van der Waals surface area contributed by atoms with Gasteiger partial charge in [0.05, 0.1) is 22.9 Å². The lowest BCUT2D eigenvalue weighted by Gasteiger charge is -2.26. The molecule has 0 aliphatic heterocycles. The zero-order valence-electron chi connectivity index (χ0n) is 20.1. The van der Waals surface area contributed by atoms with Crippen molar-refractivity contribution in [3.63, 3.8) is 0 Å². The third kappa shape index (κ3) is 4.36. The molecule has 180 valence electrons. The predicted molar refractivity (Wildman–Crippen MR) is 128 cm³/mol. The van der Waals surface area contributed by atoms with Crippen molar-refractivity contribution in [3.8, 4) is 22.7 Å². The highest BCUT2D eigenvalue weighted by molar-refractivity contribution is 5.75. The van der Waals surface area contributed by atoms with E-state index in [1.807, 2.05) is 12.3 Å². The van der Waals surface area contributed by atoms with Crippen molar-refractivity contribution < 1.29 is 9.32 Å². The van der Waals surface area contributed by atoms with Crippen LogP contribution in [-0.4, -0.2) is 66.8 Å². The van der Waals surface area contributed by atoms with Crippen molar-refractivity contribution in [2.24, 2.45) is 5.92 Å². The van der Waals surface area contributed by atoms with Crippen LogP contribution in [-0.2, 0) is 16.8 Å². The van der Waals surface area contributed by atoms with E-state index in [0.29, 0.717) is 29.1 Å². The van der Waals surface area contributed by atoms with E-state index < -0.39 is 5.41 Å². The maximum absolute atomic E-state index is 12.0. The van der Waals surface area contributed by atoms with Crippen LogP contribution in [0, 0.1) is 5.92 Å². The van der Waals surface area contributed by atoms with E-state index >= 15 is 0 Å². The fraction of sp³-hybridized carbons (Fsp3) is 0.375. The number of nitrogens with one attached hydrogen (secondary N) is 1. The lowest BCUT2D eigenvalue weighted by molar-refractivity contribution is -0.129. The van der Waals surface area contributed by atoms with Crippen molar-refractivity contribution in [1.29, 1.82) is 0 Å². The molecule has 0 aromatic carbocycles. The molecule has 0 unspecified atom stereocenters. The first-order valence-corrected chi connectivity index (χ1v) is 11.4. The lowest BCUT2D eigenvalue weighted by atomic mass is 9.77. The second kappa shape index (κ2) is 8.90. The molecular weight excluding hydrogens is 446 g/mol. The SMILES string of the molecule is CNc1ncc(-c2ccc([C@](C)(c3noc(-c4cnn(CC(=O)N(C)C)c4)n3)C3CC3)cn2)cn1. The van der Waals surface area contributed by atoms with Crippen LogP contribution in [0.25, 0.3) is 22.7 Å². The van der Waals surface area contributed by atoms with Gasteiger partial charge in [0.2, 0.25) is 11.9 Å². The summed E-state index contributed by atoms with van der Waals surface area (Å²) in [5.74, 6) is 1.91. The third-order valence-electron chi connectivity index (χ3n) is 6.50. The molecule has 0 radical (unpaired) electrons. The number of carbonyl (C=O) groups is 1. The number of hydrogen-bond acceptors (Lipinski definition) is 9. The molecule has 11 heteroatoms. The van der Waals surface area contributed by atoms with E-state index in [2.05, 4.69) is 43.5 Å². The molecule has 0 saturated heterocycles. The number of carbonyl (C=O) groups excluding carboxylic acids is 1. The number of anilines is 1. The minimum Gasteiger partial charge on any atom is -0.357 e. The Morgan fingerprint density at radius 1 is 1.14 bits per heavy atom. The highest BCUT2D eigenvalue weighted by Crippen LogP contribution is 2.50. The molecule has 0 spiro atoms. The van der Waals surface area contributed by atoms with E-state index in [-0.39, 0.29) is 12.5 Å². The van der Waals surface area contributed by atoms with Gasteiger partial charge >= 0.3 is 0 Å². The Morgan fingerprint density at radius 2 is 1.91 bits per heavy atom. The normalized spacial score (nSPS) is 15.0. The first kappa shape index (κ1) is 22.6. The number of pyridine rings is 1. The molecule has 0 bridgehead atoms. The zero-order valence-corrected chi connectivity index (χ0v) is 20.1. The summed E-state index contributed by atoms with van der Waals surface area (Å²) in [6, 6.07) is 4.04. The maximum Gasteiger partial charge on any atom is 0.261 e. The van der Waals surface area contributed by atoms with Gasteiger partial charge in [-0.3, -0.25) is 14.5 Å². The average Bonchev–Trinajstić information content (AvgIpc) is 3.44. The lowest BCUT2D eigenvalue weighted by Crippen LogP contribution is -2.28. The molecule has 5 rings (SSSR count). The van der Waals surface area contributed by atoms with Crippen molar-refractivity contribution in [1.82, 2.24) is 39.8 Å². The van der Waals surface area contributed by atoms with Crippen LogP contribution in [0.4, 0.5) is 5.95 Å². The van der Waals surface area contributed by atoms with Gasteiger partial charge in [0.15, 0.2) is 5.82 Å². The molecule has 4 aromatic rings. The summed E-state index contributed by atoms with van der Waals surface area (Å²) in [6.07, 6.45) is 10.9. The Morgan fingerprint density at radius 3 is 2.54 bits per heavy atom. The molecule has 11 nitrogen and oxygen atoms in total. The van der Waals surface area contributed by atoms with Gasteiger partial charge in [-0.1, -0.05) is 11.2 Å². The van der Waals surface area contributed by atoms with Gasteiger partial charge in [0.25, 0.3) is 5.89 Å². The van der Waals surface area contributed by atoms with Crippen molar-refractivity contribution in [3.05, 3.63) is 54.5 Å². The maximum atomic E-state index is 12.0. The molecule has 1 N–H and O–H groups in total. The van der Waals surface area contributed by atoms with Crippen molar-refractivity contribution >= 4 is 11.9 Å². The Labute approximate surface area is 202 Å². The molecule has 1 atom stereocenters. The molecule has 35 heavy (non-hydrogen) atoms. The Bertz CT molecular complexity index is 1320. The standard InChI is InChI=1S/C24H27N9O2/c1-24(17-5-6-17,18-7-8-19(26-12-18)15-9-27-23(25-2)28-10-15)22-30-21(35-31-22)16-11-29-33(13-16)14-20(34)32(3)4/h7-13,17H,5-6,14H2,1-4H3,(H,25,27,28)/t24-/m1/s1. The molecule has 1 saturated carbocycles. The summed E-state index contributed by atoms with van der Waals surface area (Å²) >= 11 is 0. The van der Waals surface area contributed by atoms with Gasteiger partial charge in [-0.2, -0.15) is 10.1 Å². The molecule has 1 amide bonds. The van der Waals surface area contributed by atoms with E-state index in [1.54, 1.807) is 50.6 Å². The van der Waals surface area contributed by atoms with Crippen LogP contribution in [0.1, 0.15) is 31.2 Å². The Balaban J connectivity index is 1.40. The number of aromatic nitrogens is 7. The van der Waals surface area contributed by atoms with E-state index in [1.165, 1.54) is 4.90 Å². The molecule has 1 aliphatic carbocycles. The van der Waals surface area contributed by atoms with Crippen LogP contribution >= 0.6 is 0 Å². The summed E-state index contributed by atoms with van der Waals surface area (Å²) < 4.78 is 7.19. The number of rotatable bonds is 8. The summed E-state index contributed by atoms with van der Waals surface area (Å²) in [6.45, 7) is 2.29. The van der Waals surface area contributed by atoms with E-state index in [4.69, 9.17) is 9.51 Å². The quantitative estimate of drug-likeness (QED) is 0.411. The van der Waals surface area contributed by atoms with Crippen LogP contribution in [0.2, 0.25) is 0 Å². The van der Waals surface area contributed by atoms with Crippen LogP contribution in [0.5, 0.6) is 0 Å². The topological polar surface area (TPSA) is 128 Å². The smallest absolute Gasteiger partial charge is 0.261 e. The third-order valence-corrected chi connectivity index (χ3v) is 6.50. The van der Waals surface area contributed by atoms with Crippen molar-refractivity contribution in [2.75, 3.05) is 26.5 Å². The van der Waals surface area contributed by atoms with Crippen LogP contribution in [0.15, 0.2) is 47.6 Å².